The van der Waals surface area contributed by atoms with Crippen LogP contribution in [-0.2, 0) is 6.42 Å². The zero-order chi connectivity index (χ0) is 12.1. The molecule has 0 fully saturated rings. The number of nitrogens with two attached hydrogens (primary N) is 1. The quantitative estimate of drug-likeness (QED) is 0.899. The Bertz CT molecular complexity index is 485. The largest absolute Gasteiger partial charge is 0.330 e. The molecule has 0 aliphatic heterocycles. The fourth-order valence-corrected chi connectivity index (χ4v) is 2.35. The second kappa shape index (κ2) is 5.80. The molecule has 0 bridgehead atoms. The first-order valence-corrected chi connectivity index (χ1v) is 6.34. The first kappa shape index (κ1) is 12.1. The highest BCUT2D eigenvalue weighted by molar-refractivity contribution is 7.99. The third-order valence-corrected chi connectivity index (χ3v) is 3.51. The summed E-state index contributed by atoms with van der Waals surface area (Å²) in [5.74, 6) is 0. The van der Waals surface area contributed by atoms with Crippen LogP contribution in [0.5, 0.6) is 0 Å². The summed E-state index contributed by atoms with van der Waals surface area (Å²) in [7, 11) is 0. The molecule has 88 valence electrons. The van der Waals surface area contributed by atoms with Gasteiger partial charge in [0.25, 0.3) is 0 Å². The zero-order valence-corrected chi connectivity index (χ0v) is 10.6. The maximum atomic E-state index is 5.53. The van der Waals surface area contributed by atoms with Crippen molar-refractivity contribution >= 4 is 11.8 Å². The van der Waals surface area contributed by atoms with Crippen molar-refractivity contribution in [1.29, 1.82) is 0 Å². The lowest BCUT2D eigenvalue weighted by molar-refractivity contribution is 0.935. The normalized spacial score (nSPS) is 10.5. The van der Waals surface area contributed by atoms with E-state index in [-0.39, 0.29) is 0 Å². The molecule has 4 heteroatoms. The molecule has 2 aromatic heterocycles. The van der Waals surface area contributed by atoms with E-state index in [1.165, 1.54) is 11.1 Å². The summed E-state index contributed by atoms with van der Waals surface area (Å²) in [6, 6.07) is 6.13. The molecule has 0 atom stereocenters. The Hall–Kier alpha value is -1.39. The number of pyridine rings is 2. The van der Waals surface area contributed by atoms with Gasteiger partial charge in [-0.2, -0.15) is 0 Å². The van der Waals surface area contributed by atoms with E-state index in [1.54, 1.807) is 24.2 Å². The first-order chi connectivity index (χ1) is 8.29. The number of hydrogen-bond donors (Lipinski definition) is 1. The Balaban J connectivity index is 2.17. The topological polar surface area (TPSA) is 51.8 Å². The monoisotopic (exact) mass is 245 g/mol. The van der Waals surface area contributed by atoms with E-state index in [4.69, 9.17) is 5.73 Å². The van der Waals surface area contributed by atoms with Crippen molar-refractivity contribution in [2.45, 2.75) is 23.3 Å². The smallest absolute Gasteiger partial charge is 0.104 e. The Morgan fingerprint density at radius 1 is 1.29 bits per heavy atom. The van der Waals surface area contributed by atoms with Crippen LogP contribution in [0.25, 0.3) is 0 Å². The number of hydrogen-bond acceptors (Lipinski definition) is 4. The minimum Gasteiger partial charge on any atom is -0.330 e. The highest BCUT2D eigenvalue weighted by Crippen LogP contribution is 2.28. The second-order valence-electron chi connectivity index (χ2n) is 3.79. The lowest BCUT2D eigenvalue weighted by Crippen LogP contribution is -2.03. The van der Waals surface area contributed by atoms with Gasteiger partial charge in [0.15, 0.2) is 0 Å². The fraction of sp³-hybridized carbons (Fsp3) is 0.231. The van der Waals surface area contributed by atoms with Crippen LogP contribution < -0.4 is 5.73 Å². The van der Waals surface area contributed by atoms with E-state index >= 15 is 0 Å². The molecule has 0 saturated carbocycles. The van der Waals surface area contributed by atoms with Gasteiger partial charge in [-0.25, -0.2) is 4.98 Å². The lowest BCUT2D eigenvalue weighted by atomic mass is 10.2. The molecule has 2 rings (SSSR count). The maximum absolute atomic E-state index is 5.53. The summed E-state index contributed by atoms with van der Waals surface area (Å²) in [6.07, 6.45) is 6.37. The van der Waals surface area contributed by atoms with E-state index in [2.05, 4.69) is 23.0 Å². The Morgan fingerprint density at radius 3 is 2.71 bits per heavy atom. The highest BCUT2D eigenvalue weighted by Gasteiger charge is 2.03. The zero-order valence-electron chi connectivity index (χ0n) is 9.76. The van der Waals surface area contributed by atoms with Crippen LogP contribution in [0.3, 0.4) is 0 Å². The van der Waals surface area contributed by atoms with Crippen molar-refractivity contribution < 1.29 is 0 Å². The van der Waals surface area contributed by atoms with E-state index in [0.717, 1.165) is 16.3 Å². The van der Waals surface area contributed by atoms with Crippen molar-refractivity contribution in [2.24, 2.45) is 5.73 Å². The maximum Gasteiger partial charge on any atom is 0.104 e. The molecule has 2 N–H and O–H groups in total. The number of aryl methyl sites for hydroxylation is 1. The van der Waals surface area contributed by atoms with Crippen LogP contribution in [0.2, 0.25) is 0 Å². The van der Waals surface area contributed by atoms with Gasteiger partial charge in [-0.05, 0) is 43.1 Å². The van der Waals surface area contributed by atoms with E-state index in [9.17, 15) is 0 Å². The van der Waals surface area contributed by atoms with Crippen LogP contribution in [0.1, 0.15) is 11.1 Å². The number of aromatic nitrogens is 2. The van der Waals surface area contributed by atoms with Crippen LogP contribution >= 0.6 is 11.8 Å². The molecule has 0 unspecified atom stereocenters. The molecular weight excluding hydrogens is 230 g/mol. The van der Waals surface area contributed by atoms with Crippen molar-refractivity contribution in [3.63, 3.8) is 0 Å². The SMILES string of the molecule is Cc1cc(CCN)cnc1Sc1ccncc1. The minimum absolute atomic E-state index is 0.665. The van der Waals surface area contributed by atoms with Gasteiger partial charge in [0.05, 0.1) is 0 Å². The molecule has 0 aliphatic rings. The summed E-state index contributed by atoms with van der Waals surface area (Å²) < 4.78 is 0. The minimum atomic E-state index is 0.665. The van der Waals surface area contributed by atoms with Gasteiger partial charge < -0.3 is 5.73 Å². The van der Waals surface area contributed by atoms with E-state index in [0.29, 0.717) is 6.54 Å². The molecule has 0 aromatic carbocycles. The summed E-state index contributed by atoms with van der Waals surface area (Å²) >= 11 is 1.66. The first-order valence-electron chi connectivity index (χ1n) is 5.53. The van der Waals surface area contributed by atoms with Gasteiger partial charge in [-0.1, -0.05) is 17.8 Å². The molecule has 3 nitrogen and oxygen atoms in total. The summed E-state index contributed by atoms with van der Waals surface area (Å²) in [4.78, 5) is 9.63. The van der Waals surface area contributed by atoms with Gasteiger partial charge in [-0.15, -0.1) is 0 Å². The molecule has 0 aliphatic carbocycles. The predicted octanol–water partition coefficient (Wildman–Crippen LogP) is 2.44. The van der Waals surface area contributed by atoms with Crippen molar-refractivity contribution in [2.75, 3.05) is 6.54 Å². The van der Waals surface area contributed by atoms with Gasteiger partial charge >= 0.3 is 0 Å². The average molecular weight is 245 g/mol. The second-order valence-corrected chi connectivity index (χ2v) is 4.85. The predicted molar refractivity (Wildman–Crippen MR) is 70.1 cm³/mol. The van der Waals surface area contributed by atoms with Crippen molar-refractivity contribution in [1.82, 2.24) is 9.97 Å². The summed E-state index contributed by atoms with van der Waals surface area (Å²) in [5, 5.41) is 1.04. The third kappa shape index (κ3) is 3.28. The molecule has 0 saturated heterocycles. The Morgan fingerprint density at radius 2 is 2.06 bits per heavy atom. The molecule has 17 heavy (non-hydrogen) atoms. The number of nitrogens with zero attached hydrogens (tertiary/aromatic N) is 2. The van der Waals surface area contributed by atoms with Gasteiger partial charge in [0, 0.05) is 23.5 Å². The summed E-state index contributed by atoms with van der Waals surface area (Å²) in [6.45, 7) is 2.74. The molecule has 0 radical (unpaired) electrons. The number of rotatable bonds is 4. The molecule has 2 heterocycles. The fourth-order valence-electron chi connectivity index (χ4n) is 1.55. The van der Waals surface area contributed by atoms with Gasteiger partial charge in [-0.3, -0.25) is 4.98 Å². The third-order valence-electron chi connectivity index (χ3n) is 2.38. The Kier molecular flexibility index (Phi) is 4.12. The van der Waals surface area contributed by atoms with Crippen molar-refractivity contribution in [3.05, 3.63) is 47.9 Å². The van der Waals surface area contributed by atoms with Gasteiger partial charge in [0.1, 0.15) is 5.03 Å². The highest BCUT2D eigenvalue weighted by atomic mass is 32.2. The van der Waals surface area contributed by atoms with E-state index in [1.807, 2.05) is 18.3 Å². The van der Waals surface area contributed by atoms with Crippen LogP contribution in [0.15, 0.2) is 46.7 Å². The van der Waals surface area contributed by atoms with E-state index < -0.39 is 0 Å². The van der Waals surface area contributed by atoms with Crippen LogP contribution in [0.4, 0.5) is 0 Å². The Labute approximate surface area is 105 Å². The lowest BCUT2D eigenvalue weighted by Gasteiger charge is -2.06. The summed E-state index contributed by atoms with van der Waals surface area (Å²) in [5.41, 5.74) is 7.92. The average Bonchev–Trinajstić information content (AvgIpc) is 2.34. The molecule has 0 amide bonds. The molecular formula is C13H15N3S. The van der Waals surface area contributed by atoms with Crippen molar-refractivity contribution in [3.8, 4) is 0 Å². The molecule has 0 spiro atoms. The van der Waals surface area contributed by atoms with Gasteiger partial charge in [0.2, 0.25) is 0 Å². The molecule has 2 aromatic rings. The van der Waals surface area contributed by atoms with Crippen LogP contribution in [0, 0.1) is 6.92 Å². The van der Waals surface area contributed by atoms with Crippen LogP contribution in [-0.4, -0.2) is 16.5 Å². The standard InChI is InChI=1S/C13H15N3S/c1-10-8-11(2-5-14)9-16-13(10)17-12-3-6-15-7-4-12/h3-4,6-9H,2,5,14H2,1H3.